The quantitative estimate of drug-likeness (QED) is 0.419. The lowest BCUT2D eigenvalue weighted by molar-refractivity contribution is -0.141. The SMILES string of the molecule is C=C(OC(=O)COc1cccc(Br)c1)P(=O)(OC)OC. The Hall–Kier alpha value is -1.14. The molecule has 0 unspecified atom stereocenters. The molecule has 0 bridgehead atoms. The van der Waals surface area contributed by atoms with Crippen molar-refractivity contribution >= 4 is 29.5 Å². The van der Waals surface area contributed by atoms with Gasteiger partial charge in [-0.1, -0.05) is 22.0 Å². The highest BCUT2D eigenvalue weighted by molar-refractivity contribution is 9.10. The molecule has 0 N–H and O–H groups in total. The first-order chi connectivity index (χ1) is 9.41. The van der Waals surface area contributed by atoms with Crippen LogP contribution in [0.3, 0.4) is 0 Å². The molecule has 0 aliphatic heterocycles. The summed E-state index contributed by atoms with van der Waals surface area (Å²) >= 11 is 3.27. The van der Waals surface area contributed by atoms with Crippen LogP contribution >= 0.6 is 23.5 Å². The van der Waals surface area contributed by atoms with Gasteiger partial charge in [0.05, 0.1) is 0 Å². The van der Waals surface area contributed by atoms with Gasteiger partial charge in [-0.15, -0.1) is 0 Å². The molecule has 0 atom stereocenters. The molecule has 0 heterocycles. The van der Waals surface area contributed by atoms with E-state index in [9.17, 15) is 9.36 Å². The molecule has 0 aliphatic rings. The summed E-state index contributed by atoms with van der Waals surface area (Å²) in [6.07, 6.45) is 0. The molecule has 1 aromatic rings. The summed E-state index contributed by atoms with van der Waals surface area (Å²) in [5, 5.41) is 0. The van der Waals surface area contributed by atoms with Crippen LogP contribution in [0.1, 0.15) is 0 Å². The lowest BCUT2D eigenvalue weighted by Crippen LogP contribution is -2.15. The molecule has 0 saturated carbocycles. The van der Waals surface area contributed by atoms with Crippen LogP contribution in [0.4, 0.5) is 0 Å². The van der Waals surface area contributed by atoms with Crippen LogP contribution in [0.25, 0.3) is 0 Å². The van der Waals surface area contributed by atoms with Crippen LogP contribution in [0.5, 0.6) is 5.75 Å². The van der Waals surface area contributed by atoms with Gasteiger partial charge in [0.2, 0.25) is 5.50 Å². The normalized spacial score (nSPS) is 10.9. The molecule has 0 fully saturated rings. The zero-order valence-electron chi connectivity index (χ0n) is 11.0. The number of carbonyl (C=O) groups excluding carboxylic acids is 1. The lowest BCUT2D eigenvalue weighted by Gasteiger charge is -2.15. The van der Waals surface area contributed by atoms with Crippen molar-refractivity contribution in [1.82, 2.24) is 0 Å². The Balaban J connectivity index is 2.52. The van der Waals surface area contributed by atoms with E-state index in [1.54, 1.807) is 18.2 Å². The fraction of sp³-hybridized carbons (Fsp3) is 0.250. The van der Waals surface area contributed by atoms with Crippen LogP contribution in [0, 0.1) is 0 Å². The molecule has 0 amide bonds. The molecule has 0 spiro atoms. The second-order valence-corrected chi connectivity index (χ2v) is 6.62. The monoisotopic (exact) mass is 364 g/mol. The van der Waals surface area contributed by atoms with E-state index in [4.69, 9.17) is 9.47 Å². The molecule has 1 aromatic carbocycles. The minimum Gasteiger partial charge on any atom is -0.482 e. The number of hydrogen-bond donors (Lipinski definition) is 0. The predicted molar refractivity (Wildman–Crippen MR) is 76.5 cm³/mol. The number of benzene rings is 1. The standard InChI is InChI=1S/C12H14BrO6P/c1-9(20(15,16-2)17-3)19-12(14)8-18-11-6-4-5-10(13)7-11/h4-7H,1,8H2,2-3H3. The molecule has 1 rings (SSSR count). The van der Waals surface area contributed by atoms with Gasteiger partial charge in [-0.3, -0.25) is 4.57 Å². The van der Waals surface area contributed by atoms with E-state index in [1.807, 2.05) is 6.07 Å². The molecule has 0 radical (unpaired) electrons. The van der Waals surface area contributed by atoms with Crippen molar-refractivity contribution in [2.75, 3.05) is 20.8 Å². The first kappa shape index (κ1) is 16.9. The molecular weight excluding hydrogens is 351 g/mol. The highest BCUT2D eigenvalue weighted by Gasteiger charge is 2.29. The first-order valence-electron chi connectivity index (χ1n) is 5.41. The summed E-state index contributed by atoms with van der Waals surface area (Å²) < 4.78 is 31.9. The van der Waals surface area contributed by atoms with Gasteiger partial charge in [0.25, 0.3) is 0 Å². The van der Waals surface area contributed by atoms with E-state index in [0.717, 1.165) is 4.47 Å². The Morgan fingerprint density at radius 2 is 2.00 bits per heavy atom. The average Bonchev–Trinajstić information content (AvgIpc) is 2.44. The maximum absolute atomic E-state index is 11.8. The van der Waals surface area contributed by atoms with Crippen LogP contribution in [-0.2, 0) is 23.1 Å². The summed E-state index contributed by atoms with van der Waals surface area (Å²) in [6.45, 7) is 3.00. The van der Waals surface area contributed by atoms with Crippen molar-refractivity contribution in [3.63, 3.8) is 0 Å². The van der Waals surface area contributed by atoms with E-state index in [0.29, 0.717) is 5.75 Å². The number of rotatable bonds is 7. The fourth-order valence-corrected chi connectivity index (χ4v) is 2.34. The highest BCUT2D eigenvalue weighted by atomic mass is 79.9. The molecule has 6 nitrogen and oxygen atoms in total. The maximum atomic E-state index is 11.8. The number of hydrogen-bond acceptors (Lipinski definition) is 6. The smallest absolute Gasteiger partial charge is 0.395 e. The van der Waals surface area contributed by atoms with Crippen molar-refractivity contribution in [3.05, 3.63) is 40.8 Å². The largest absolute Gasteiger partial charge is 0.482 e. The van der Waals surface area contributed by atoms with Gasteiger partial charge in [0, 0.05) is 18.7 Å². The number of halogens is 1. The molecule has 0 aromatic heterocycles. The van der Waals surface area contributed by atoms with Crippen molar-refractivity contribution < 1.29 is 27.9 Å². The molecular formula is C12H14BrO6P. The average molecular weight is 365 g/mol. The van der Waals surface area contributed by atoms with Gasteiger partial charge in [-0.25, -0.2) is 4.79 Å². The maximum Gasteiger partial charge on any atom is 0.395 e. The third-order valence-electron chi connectivity index (χ3n) is 2.17. The van der Waals surface area contributed by atoms with Gasteiger partial charge in [-0.2, -0.15) is 0 Å². The van der Waals surface area contributed by atoms with Gasteiger partial charge in [-0.05, 0) is 24.8 Å². The minimum absolute atomic E-state index is 0.358. The van der Waals surface area contributed by atoms with E-state index in [-0.39, 0.29) is 12.1 Å². The molecule has 8 heteroatoms. The lowest BCUT2D eigenvalue weighted by atomic mass is 10.3. The van der Waals surface area contributed by atoms with E-state index in [1.165, 1.54) is 14.2 Å². The van der Waals surface area contributed by atoms with E-state index >= 15 is 0 Å². The zero-order chi connectivity index (χ0) is 15.2. The summed E-state index contributed by atoms with van der Waals surface area (Å²) in [5.41, 5.74) is -0.384. The molecule has 20 heavy (non-hydrogen) atoms. The van der Waals surface area contributed by atoms with Crippen molar-refractivity contribution in [2.24, 2.45) is 0 Å². The predicted octanol–water partition coefficient (Wildman–Crippen LogP) is 3.33. The number of carbonyl (C=O) groups is 1. The Kier molecular flexibility index (Phi) is 6.42. The van der Waals surface area contributed by atoms with Crippen molar-refractivity contribution in [1.29, 1.82) is 0 Å². The van der Waals surface area contributed by atoms with Gasteiger partial charge >= 0.3 is 13.6 Å². The van der Waals surface area contributed by atoms with Crippen molar-refractivity contribution in [2.45, 2.75) is 0 Å². The summed E-state index contributed by atoms with van der Waals surface area (Å²) in [5.74, 6) is -0.270. The van der Waals surface area contributed by atoms with Gasteiger partial charge in [0.15, 0.2) is 6.61 Å². The second kappa shape index (κ2) is 7.59. The Labute approximate surface area is 125 Å². The minimum atomic E-state index is -3.63. The number of ether oxygens (including phenoxy) is 2. The first-order valence-corrected chi connectivity index (χ1v) is 7.75. The van der Waals surface area contributed by atoms with E-state index in [2.05, 4.69) is 31.6 Å². The van der Waals surface area contributed by atoms with Crippen LogP contribution < -0.4 is 4.74 Å². The summed E-state index contributed by atoms with van der Waals surface area (Å²) in [7, 11) is -1.29. The topological polar surface area (TPSA) is 71.1 Å². The summed E-state index contributed by atoms with van der Waals surface area (Å²) in [6, 6.07) is 6.95. The third kappa shape index (κ3) is 4.76. The van der Waals surface area contributed by atoms with Crippen LogP contribution in [-0.4, -0.2) is 26.8 Å². The Morgan fingerprint density at radius 1 is 1.35 bits per heavy atom. The third-order valence-corrected chi connectivity index (χ3v) is 4.33. The van der Waals surface area contributed by atoms with Crippen molar-refractivity contribution in [3.8, 4) is 5.75 Å². The van der Waals surface area contributed by atoms with Gasteiger partial charge in [0.1, 0.15) is 5.75 Å². The van der Waals surface area contributed by atoms with Gasteiger partial charge < -0.3 is 18.5 Å². The van der Waals surface area contributed by atoms with Crippen LogP contribution in [0.2, 0.25) is 0 Å². The zero-order valence-corrected chi connectivity index (χ0v) is 13.5. The highest BCUT2D eigenvalue weighted by Crippen LogP contribution is 2.54. The Morgan fingerprint density at radius 3 is 2.55 bits per heavy atom. The molecule has 0 aliphatic carbocycles. The fourth-order valence-electron chi connectivity index (χ4n) is 1.19. The number of esters is 1. The van der Waals surface area contributed by atoms with Crippen LogP contribution in [0.15, 0.2) is 40.8 Å². The summed E-state index contributed by atoms with van der Waals surface area (Å²) in [4.78, 5) is 11.5. The molecule has 110 valence electrons. The molecule has 0 saturated heterocycles. The van der Waals surface area contributed by atoms with E-state index < -0.39 is 13.6 Å². The second-order valence-electron chi connectivity index (χ2n) is 3.48. The Bertz CT molecular complexity index is 537.